The maximum Gasteiger partial charge on any atom is 0.355 e. The minimum Gasteiger partial charge on any atom is -0.493 e. The molecule has 0 saturated carbocycles. The van der Waals surface area contributed by atoms with Crippen molar-refractivity contribution in [3.05, 3.63) is 64.1 Å². The van der Waals surface area contributed by atoms with Crippen LogP contribution in [0.25, 0.3) is 10.6 Å². The van der Waals surface area contributed by atoms with Crippen molar-refractivity contribution in [3.63, 3.8) is 0 Å². The first kappa shape index (κ1) is 17.3. The molecular formula is C18H14ClNO4S. The van der Waals surface area contributed by atoms with Crippen molar-refractivity contribution in [1.29, 1.82) is 0 Å². The molecule has 0 radical (unpaired) electrons. The van der Waals surface area contributed by atoms with Crippen LogP contribution in [0.2, 0.25) is 5.02 Å². The second kappa shape index (κ2) is 7.55. The predicted molar refractivity (Wildman–Crippen MR) is 96.8 cm³/mol. The van der Waals surface area contributed by atoms with Gasteiger partial charge < -0.3 is 14.6 Å². The van der Waals surface area contributed by atoms with Crippen LogP contribution in [0.5, 0.6) is 11.5 Å². The molecule has 0 aliphatic rings. The Morgan fingerprint density at radius 3 is 2.64 bits per heavy atom. The van der Waals surface area contributed by atoms with E-state index in [1.165, 1.54) is 16.7 Å². The van der Waals surface area contributed by atoms with Gasteiger partial charge in [-0.2, -0.15) is 0 Å². The van der Waals surface area contributed by atoms with E-state index in [1.807, 2.05) is 24.3 Å². The summed E-state index contributed by atoms with van der Waals surface area (Å²) >= 11 is 7.14. The highest BCUT2D eigenvalue weighted by atomic mass is 35.5. The van der Waals surface area contributed by atoms with E-state index in [2.05, 4.69) is 4.98 Å². The Hall–Kier alpha value is -2.57. The Kier molecular flexibility index (Phi) is 5.21. The number of rotatable bonds is 6. The number of benzene rings is 2. The topological polar surface area (TPSA) is 68.7 Å². The fourth-order valence-corrected chi connectivity index (χ4v) is 3.17. The minimum absolute atomic E-state index is 0.00599. The van der Waals surface area contributed by atoms with Gasteiger partial charge in [0.25, 0.3) is 0 Å². The van der Waals surface area contributed by atoms with Crippen LogP contribution in [0.3, 0.4) is 0 Å². The first-order valence-electron chi connectivity index (χ1n) is 7.32. The summed E-state index contributed by atoms with van der Waals surface area (Å²) in [5.41, 5.74) is 1.64. The minimum atomic E-state index is -1.06. The SMILES string of the molecule is COc1cccc(-c2nc(C(=O)O)cs2)c1OCc1ccc(Cl)cc1. The van der Waals surface area contributed by atoms with E-state index in [4.69, 9.17) is 26.2 Å². The smallest absolute Gasteiger partial charge is 0.355 e. The third-order valence-electron chi connectivity index (χ3n) is 3.45. The number of aromatic nitrogens is 1. The molecule has 0 aliphatic heterocycles. The molecule has 128 valence electrons. The Labute approximate surface area is 153 Å². The molecule has 0 amide bonds. The number of para-hydroxylation sites is 1. The largest absolute Gasteiger partial charge is 0.493 e. The second-order valence-corrected chi connectivity index (χ2v) is 6.39. The normalized spacial score (nSPS) is 10.5. The first-order chi connectivity index (χ1) is 12.1. The van der Waals surface area contributed by atoms with Crippen molar-refractivity contribution in [1.82, 2.24) is 4.98 Å². The van der Waals surface area contributed by atoms with Crippen molar-refractivity contribution in [2.75, 3.05) is 7.11 Å². The summed E-state index contributed by atoms with van der Waals surface area (Å²) in [6.45, 7) is 0.321. The molecule has 2 aromatic carbocycles. The molecule has 0 unspecified atom stereocenters. The molecule has 3 rings (SSSR count). The van der Waals surface area contributed by atoms with Gasteiger partial charge in [-0.1, -0.05) is 29.8 Å². The van der Waals surface area contributed by atoms with Gasteiger partial charge in [0, 0.05) is 10.4 Å². The van der Waals surface area contributed by atoms with Crippen LogP contribution in [0.4, 0.5) is 0 Å². The number of nitrogens with zero attached hydrogens (tertiary/aromatic N) is 1. The van der Waals surface area contributed by atoms with E-state index in [9.17, 15) is 4.79 Å². The number of thiazole rings is 1. The van der Waals surface area contributed by atoms with Crippen LogP contribution in [-0.2, 0) is 6.61 Å². The van der Waals surface area contributed by atoms with E-state index in [0.29, 0.717) is 33.7 Å². The maximum atomic E-state index is 11.1. The average Bonchev–Trinajstić information content (AvgIpc) is 3.11. The van der Waals surface area contributed by atoms with Gasteiger partial charge in [0.1, 0.15) is 11.6 Å². The van der Waals surface area contributed by atoms with Crippen molar-refractivity contribution in [3.8, 4) is 22.1 Å². The molecular weight excluding hydrogens is 362 g/mol. The first-order valence-corrected chi connectivity index (χ1v) is 8.57. The van der Waals surface area contributed by atoms with Crippen molar-refractivity contribution in [2.45, 2.75) is 6.61 Å². The van der Waals surface area contributed by atoms with Gasteiger partial charge in [-0.05, 0) is 29.8 Å². The van der Waals surface area contributed by atoms with Gasteiger partial charge in [-0.15, -0.1) is 11.3 Å². The van der Waals surface area contributed by atoms with E-state index >= 15 is 0 Å². The molecule has 25 heavy (non-hydrogen) atoms. The highest BCUT2D eigenvalue weighted by Crippen LogP contribution is 2.39. The molecule has 0 saturated heterocycles. The molecule has 0 aliphatic carbocycles. The molecule has 0 fully saturated rings. The van der Waals surface area contributed by atoms with Crippen molar-refractivity contribution >= 4 is 28.9 Å². The van der Waals surface area contributed by atoms with Gasteiger partial charge in [0.2, 0.25) is 0 Å². The maximum absolute atomic E-state index is 11.1. The molecule has 0 bridgehead atoms. The summed E-state index contributed by atoms with van der Waals surface area (Å²) in [7, 11) is 1.55. The Bertz CT molecular complexity index is 892. The fourth-order valence-electron chi connectivity index (χ4n) is 2.23. The Morgan fingerprint density at radius 2 is 2.00 bits per heavy atom. The zero-order valence-electron chi connectivity index (χ0n) is 13.2. The molecule has 1 heterocycles. The third-order valence-corrected chi connectivity index (χ3v) is 4.58. The van der Waals surface area contributed by atoms with Crippen LogP contribution in [0, 0.1) is 0 Å². The number of aromatic carboxylic acids is 1. The molecule has 0 atom stereocenters. The van der Waals surface area contributed by atoms with Gasteiger partial charge in [-0.3, -0.25) is 0 Å². The summed E-state index contributed by atoms with van der Waals surface area (Å²) in [4.78, 5) is 15.2. The number of carboxylic acids is 1. The average molecular weight is 376 g/mol. The van der Waals surface area contributed by atoms with Crippen molar-refractivity contribution in [2.24, 2.45) is 0 Å². The van der Waals surface area contributed by atoms with E-state index in [1.54, 1.807) is 25.3 Å². The fraction of sp³-hybridized carbons (Fsp3) is 0.111. The molecule has 1 N–H and O–H groups in total. The zero-order chi connectivity index (χ0) is 17.8. The van der Waals surface area contributed by atoms with Crippen LogP contribution in [0.15, 0.2) is 47.8 Å². The monoisotopic (exact) mass is 375 g/mol. The van der Waals surface area contributed by atoms with E-state index < -0.39 is 5.97 Å². The summed E-state index contributed by atoms with van der Waals surface area (Å²) in [6, 6.07) is 12.8. The predicted octanol–water partition coefficient (Wildman–Crippen LogP) is 4.75. The summed E-state index contributed by atoms with van der Waals surface area (Å²) < 4.78 is 11.3. The lowest BCUT2D eigenvalue weighted by molar-refractivity contribution is 0.0691. The van der Waals surface area contributed by atoms with Crippen LogP contribution < -0.4 is 9.47 Å². The van der Waals surface area contributed by atoms with Crippen molar-refractivity contribution < 1.29 is 19.4 Å². The molecule has 5 nitrogen and oxygen atoms in total. The van der Waals surface area contributed by atoms with E-state index in [-0.39, 0.29) is 5.69 Å². The summed E-state index contributed by atoms with van der Waals surface area (Å²) in [5.74, 6) is 0.0128. The number of hydrogen-bond acceptors (Lipinski definition) is 5. The molecule has 3 aromatic rings. The molecule has 7 heteroatoms. The Morgan fingerprint density at radius 1 is 1.24 bits per heavy atom. The number of carbonyl (C=O) groups is 1. The standard InChI is InChI=1S/C18H14ClNO4S/c1-23-15-4-2-3-13(17-20-14(10-25-17)18(21)22)16(15)24-9-11-5-7-12(19)8-6-11/h2-8,10H,9H2,1H3,(H,21,22). The lowest BCUT2D eigenvalue weighted by atomic mass is 10.2. The molecule has 0 spiro atoms. The number of methoxy groups -OCH3 is 1. The molecule has 1 aromatic heterocycles. The second-order valence-electron chi connectivity index (χ2n) is 5.10. The lowest BCUT2D eigenvalue weighted by Crippen LogP contribution is -2.00. The third kappa shape index (κ3) is 3.92. The number of halogens is 1. The number of hydrogen-bond donors (Lipinski definition) is 1. The highest BCUT2D eigenvalue weighted by Gasteiger charge is 2.17. The van der Waals surface area contributed by atoms with E-state index in [0.717, 1.165) is 5.56 Å². The van der Waals surface area contributed by atoms with Crippen LogP contribution in [0.1, 0.15) is 16.1 Å². The van der Waals surface area contributed by atoms with Crippen LogP contribution >= 0.6 is 22.9 Å². The number of ether oxygens (including phenoxy) is 2. The van der Waals surface area contributed by atoms with Gasteiger partial charge in [0.15, 0.2) is 17.2 Å². The Balaban J connectivity index is 1.93. The zero-order valence-corrected chi connectivity index (χ0v) is 14.8. The van der Waals surface area contributed by atoms with Gasteiger partial charge >= 0.3 is 5.97 Å². The lowest BCUT2D eigenvalue weighted by Gasteiger charge is -2.14. The van der Waals surface area contributed by atoms with Crippen LogP contribution in [-0.4, -0.2) is 23.2 Å². The summed E-state index contributed by atoms with van der Waals surface area (Å²) in [6.07, 6.45) is 0. The van der Waals surface area contributed by atoms with Gasteiger partial charge in [-0.25, -0.2) is 9.78 Å². The summed E-state index contributed by atoms with van der Waals surface area (Å²) in [5, 5.41) is 11.8. The van der Waals surface area contributed by atoms with Gasteiger partial charge in [0.05, 0.1) is 12.7 Å². The number of carboxylic acid groups (broad SMARTS) is 1. The quantitative estimate of drug-likeness (QED) is 0.673. The highest BCUT2D eigenvalue weighted by molar-refractivity contribution is 7.13.